The quantitative estimate of drug-likeness (QED) is 0.652. The number of hydrogen-bond acceptors (Lipinski definition) is 4. The molecule has 0 aliphatic heterocycles. The number of nitrogens with one attached hydrogen (secondary N) is 1. The molecule has 0 bridgehead atoms. The van der Waals surface area contributed by atoms with E-state index in [4.69, 9.17) is 4.74 Å². The molecular formula is C20H20FN3O3S. The van der Waals surface area contributed by atoms with Crippen molar-refractivity contribution in [1.29, 1.82) is 5.26 Å². The summed E-state index contributed by atoms with van der Waals surface area (Å²) in [4.78, 5) is 0. The number of alkyl halides is 1. The molecule has 28 heavy (non-hydrogen) atoms. The zero-order chi connectivity index (χ0) is 20.3. The molecular weight excluding hydrogens is 381 g/mol. The molecule has 0 radical (unpaired) electrons. The summed E-state index contributed by atoms with van der Waals surface area (Å²) in [5.74, 6) is 0.523. The number of nitriles is 1. The van der Waals surface area contributed by atoms with Gasteiger partial charge in [0.1, 0.15) is 25.1 Å². The van der Waals surface area contributed by atoms with E-state index in [1.807, 2.05) is 11.6 Å². The summed E-state index contributed by atoms with van der Waals surface area (Å²) in [5, 5.41) is 10.5. The maximum absolute atomic E-state index is 12.4. The zero-order valence-corrected chi connectivity index (χ0v) is 16.4. The third kappa shape index (κ3) is 3.80. The van der Waals surface area contributed by atoms with Crippen molar-refractivity contribution < 1.29 is 17.5 Å². The van der Waals surface area contributed by atoms with Crippen molar-refractivity contribution in [3.05, 3.63) is 48.0 Å². The average Bonchev–Trinajstić information content (AvgIpc) is 2.98. The largest absolute Gasteiger partial charge is 0.491 e. The van der Waals surface area contributed by atoms with Gasteiger partial charge >= 0.3 is 0 Å². The fraction of sp³-hybridized carbons (Fsp3) is 0.250. The summed E-state index contributed by atoms with van der Waals surface area (Å²) in [6.45, 7) is 0.966. The first-order chi connectivity index (χ1) is 13.4. The van der Waals surface area contributed by atoms with Crippen LogP contribution in [0.15, 0.2) is 42.5 Å². The lowest BCUT2D eigenvalue weighted by Crippen LogP contribution is -2.14. The molecule has 0 fully saturated rings. The average molecular weight is 401 g/mol. The number of hydrogen-bond donors (Lipinski definition) is 1. The Morgan fingerprint density at radius 2 is 1.93 bits per heavy atom. The predicted molar refractivity (Wildman–Crippen MR) is 108 cm³/mol. The van der Waals surface area contributed by atoms with Crippen LogP contribution in [0.25, 0.3) is 22.2 Å². The van der Waals surface area contributed by atoms with Crippen molar-refractivity contribution in [2.24, 2.45) is 7.05 Å². The van der Waals surface area contributed by atoms with Crippen LogP contribution >= 0.6 is 0 Å². The van der Waals surface area contributed by atoms with Gasteiger partial charge in [-0.1, -0.05) is 12.1 Å². The number of anilines is 1. The first-order valence-electron chi connectivity index (χ1n) is 8.72. The van der Waals surface area contributed by atoms with Gasteiger partial charge in [0.25, 0.3) is 0 Å². The Kier molecular flexibility index (Phi) is 5.56. The smallest absolute Gasteiger partial charge is 0.232 e. The van der Waals surface area contributed by atoms with Crippen molar-refractivity contribution in [3.63, 3.8) is 0 Å². The number of fused-ring (bicyclic) bond motifs is 1. The monoisotopic (exact) mass is 401 g/mol. The van der Waals surface area contributed by atoms with Crippen molar-refractivity contribution in [3.8, 4) is 23.1 Å². The molecule has 1 N–H and O–H groups in total. The summed E-state index contributed by atoms with van der Waals surface area (Å²) < 4.78 is 45.5. The number of aryl methyl sites for hydroxylation is 1. The molecule has 0 aliphatic rings. The van der Waals surface area contributed by atoms with Crippen LogP contribution in [0.1, 0.15) is 12.5 Å². The van der Waals surface area contributed by atoms with Gasteiger partial charge in [0.05, 0.1) is 22.5 Å². The van der Waals surface area contributed by atoms with Gasteiger partial charge in [-0.05, 0) is 36.8 Å². The van der Waals surface area contributed by atoms with E-state index in [1.54, 1.807) is 49.4 Å². The minimum Gasteiger partial charge on any atom is -0.491 e. The van der Waals surface area contributed by atoms with E-state index < -0.39 is 16.7 Å². The molecule has 0 spiro atoms. The topological polar surface area (TPSA) is 84.1 Å². The fourth-order valence-corrected chi connectivity index (χ4v) is 3.70. The SMILES string of the molecule is CCS(=O)(=O)Nc1ccc(-c2c(C#N)c3ccc(OCCF)cc3n2C)cc1. The van der Waals surface area contributed by atoms with E-state index in [2.05, 4.69) is 10.8 Å². The second-order valence-electron chi connectivity index (χ2n) is 6.19. The van der Waals surface area contributed by atoms with Crippen molar-refractivity contribution in [2.75, 3.05) is 23.8 Å². The Morgan fingerprint density at radius 1 is 1.21 bits per heavy atom. The maximum Gasteiger partial charge on any atom is 0.232 e. The number of nitrogens with zero attached hydrogens (tertiary/aromatic N) is 2. The molecule has 0 atom stereocenters. The Balaban J connectivity index is 2.05. The molecule has 6 nitrogen and oxygen atoms in total. The van der Waals surface area contributed by atoms with Crippen LogP contribution < -0.4 is 9.46 Å². The molecule has 2 aromatic carbocycles. The highest BCUT2D eigenvalue weighted by Crippen LogP contribution is 2.34. The van der Waals surface area contributed by atoms with Gasteiger partial charge in [-0.2, -0.15) is 5.26 Å². The van der Waals surface area contributed by atoms with Crippen LogP contribution in [0.4, 0.5) is 10.1 Å². The molecule has 0 saturated heterocycles. The maximum atomic E-state index is 12.4. The normalized spacial score (nSPS) is 11.4. The second-order valence-corrected chi connectivity index (χ2v) is 8.20. The highest BCUT2D eigenvalue weighted by atomic mass is 32.2. The summed E-state index contributed by atoms with van der Waals surface area (Å²) in [7, 11) is -1.51. The molecule has 3 aromatic rings. The van der Waals surface area contributed by atoms with Gasteiger partial charge in [0.15, 0.2) is 0 Å². The second kappa shape index (κ2) is 7.90. The van der Waals surface area contributed by atoms with Gasteiger partial charge in [-0.3, -0.25) is 4.72 Å². The Bertz CT molecular complexity index is 1150. The van der Waals surface area contributed by atoms with Crippen LogP contribution in [-0.2, 0) is 17.1 Å². The number of rotatable bonds is 7. The molecule has 0 unspecified atom stereocenters. The van der Waals surface area contributed by atoms with E-state index in [1.165, 1.54) is 0 Å². The molecule has 1 aromatic heterocycles. The molecule has 8 heteroatoms. The van der Waals surface area contributed by atoms with Gasteiger partial charge in [-0.25, -0.2) is 12.8 Å². The lowest BCUT2D eigenvalue weighted by Gasteiger charge is -2.09. The molecule has 1 heterocycles. The van der Waals surface area contributed by atoms with Crippen LogP contribution in [0.3, 0.4) is 0 Å². The van der Waals surface area contributed by atoms with Gasteiger partial charge in [-0.15, -0.1) is 0 Å². The minimum absolute atomic E-state index is 0.0106. The number of aromatic nitrogens is 1. The zero-order valence-electron chi connectivity index (χ0n) is 15.6. The van der Waals surface area contributed by atoms with E-state index in [0.717, 1.165) is 16.5 Å². The minimum atomic E-state index is -3.35. The molecule has 146 valence electrons. The summed E-state index contributed by atoms with van der Waals surface area (Å²) in [6, 6.07) is 14.4. The fourth-order valence-electron chi connectivity index (χ4n) is 3.06. The number of sulfonamides is 1. The highest BCUT2D eigenvalue weighted by Gasteiger charge is 2.17. The number of halogens is 1. The van der Waals surface area contributed by atoms with Gasteiger partial charge in [0.2, 0.25) is 10.0 Å². The standard InChI is InChI=1S/C20H20FN3O3S/c1-3-28(25,26)23-15-6-4-14(5-7-15)20-18(13-22)17-9-8-16(27-11-10-21)12-19(17)24(20)2/h4-9,12,23H,3,10-11H2,1-2H3. The Labute approximate surface area is 163 Å². The van der Waals surface area contributed by atoms with Crippen molar-refractivity contribution >= 4 is 26.6 Å². The van der Waals surface area contributed by atoms with Gasteiger partial charge in [0, 0.05) is 24.2 Å². The van der Waals surface area contributed by atoms with E-state index in [0.29, 0.717) is 22.7 Å². The lowest BCUT2D eigenvalue weighted by molar-refractivity contribution is 0.273. The predicted octanol–water partition coefficient (Wildman–Crippen LogP) is 3.83. The third-order valence-electron chi connectivity index (χ3n) is 4.44. The first kappa shape index (κ1) is 19.7. The number of benzene rings is 2. The lowest BCUT2D eigenvalue weighted by atomic mass is 10.1. The van der Waals surface area contributed by atoms with E-state index >= 15 is 0 Å². The summed E-state index contributed by atoms with van der Waals surface area (Å²) in [6.07, 6.45) is 0. The Hall–Kier alpha value is -3.05. The molecule has 3 rings (SSSR count). The Morgan fingerprint density at radius 3 is 2.54 bits per heavy atom. The molecule has 0 saturated carbocycles. The van der Waals surface area contributed by atoms with Crippen LogP contribution in [0.5, 0.6) is 5.75 Å². The van der Waals surface area contributed by atoms with Crippen LogP contribution in [-0.4, -0.2) is 32.0 Å². The van der Waals surface area contributed by atoms with Crippen LogP contribution in [0.2, 0.25) is 0 Å². The van der Waals surface area contributed by atoms with Crippen LogP contribution in [0, 0.1) is 11.3 Å². The van der Waals surface area contributed by atoms with Crippen molar-refractivity contribution in [2.45, 2.75) is 6.92 Å². The summed E-state index contributed by atoms with van der Waals surface area (Å²) in [5.41, 5.74) is 3.26. The van der Waals surface area contributed by atoms with Gasteiger partial charge < -0.3 is 9.30 Å². The third-order valence-corrected chi connectivity index (χ3v) is 5.75. The van der Waals surface area contributed by atoms with E-state index in [9.17, 15) is 18.1 Å². The molecule has 0 aliphatic carbocycles. The van der Waals surface area contributed by atoms with Crippen molar-refractivity contribution in [1.82, 2.24) is 4.57 Å². The highest BCUT2D eigenvalue weighted by molar-refractivity contribution is 7.92. The number of ether oxygens (including phenoxy) is 1. The first-order valence-corrected chi connectivity index (χ1v) is 10.4. The van der Waals surface area contributed by atoms with E-state index in [-0.39, 0.29) is 12.4 Å². The molecule has 0 amide bonds. The summed E-state index contributed by atoms with van der Waals surface area (Å²) >= 11 is 0.